The van der Waals surface area contributed by atoms with E-state index in [-0.39, 0.29) is 0 Å². The van der Waals surface area contributed by atoms with Gasteiger partial charge in [-0.1, -0.05) is 15.9 Å². The largest absolute Gasteiger partial charge is 0.309 e. The second-order valence-corrected chi connectivity index (χ2v) is 5.96. The van der Waals surface area contributed by atoms with Gasteiger partial charge in [-0.25, -0.2) is 0 Å². The molecule has 0 aliphatic heterocycles. The molecule has 0 aliphatic rings. The molecule has 0 unspecified atom stereocenters. The number of halogens is 1. The first-order valence-corrected chi connectivity index (χ1v) is 6.45. The van der Waals surface area contributed by atoms with Gasteiger partial charge < -0.3 is 4.90 Å². The molecule has 0 aromatic heterocycles. The summed E-state index contributed by atoms with van der Waals surface area (Å²) in [7, 11) is 8.77. The normalized spacial score (nSPS) is 12.1. The van der Waals surface area contributed by atoms with Gasteiger partial charge in [0.15, 0.2) is 0 Å². The van der Waals surface area contributed by atoms with Crippen LogP contribution in [0.25, 0.3) is 0 Å². The molecule has 0 fully saturated rings. The summed E-state index contributed by atoms with van der Waals surface area (Å²) in [6.45, 7) is 2.32. The van der Waals surface area contributed by atoms with Gasteiger partial charge in [0.2, 0.25) is 0 Å². The molecule has 1 aromatic carbocycles. The summed E-state index contributed by atoms with van der Waals surface area (Å²) < 4.78 is 2.09. The number of rotatable bonds is 5. The van der Waals surface area contributed by atoms with Crippen molar-refractivity contribution < 1.29 is 0 Å². The zero-order valence-corrected chi connectivity index (χ0v) is 12.3. The van der Waals surface area contributed by atoms with E-state index in [2.05, 4.69) is 73.3 Å². The zero-order valence-electron chi connectivity index (χ0n) is 10.7. The first kappa shape index (κ1) is 13.7. The lowest BCUT2D eigenvalue weighted by Crippen LogP contribution is -2.42. The SMILES string of the molecule is CN(C)CCC[N+](C)(C)c1ccc(Br)cc1. The van der Waals surface area contributed by atoms with Gasteiger partial charge in [0.1, 0.15) is 5.69 Å². The summed E-state index contributed by atoms with van der Waals surface area (Å²) >= 11 is 3.47. The molecule has 0 saturated heterocycles. The predicted molar refractivity (Wildman–Crippen MR) is 75.8 cm³/mol. The van der Waals surface area contributed by atoms with Crippen LogP contribution in [0.2, 0.25) is 0 Å². The summed E-state index contributed by atoms with van der Waals surface area (Å²) in [5, 5.41) is 0. The van der Waals surface area contributed by atoms with Gasteiger partial charge >= 0.3 is 0 Å². The van der Waals surface area contributed by atoms with Crippen molar-refractivity contribution in [2.24, 2.45) is 0 Å². The highest BCUT2D eigenvalue weighted by atomic mass is 79.9. The van der Waals surface area contributed by atoms with Crippen molar-refractivity contribution in [3.63, 3.8) is 0 Å². The second kappa shape index (κ2) is 5.80. The summed E-state index contributed by atoms with van der Waals surface area (Å²) in [5.41, 5.74) is 1.36. The van der Waals surface area contributed by atoms with Crippen molar-refractivity contribution in [2.75, 3.05) is 41.3 Å². The third-order valence-corrected chi connectivity index (χ3v) is 3.38. The fourth-order valence-corrected chi connectivity index (χ4v) is 2.02. The molecule has 0 atom stereocenters. The Hall–Kier alpha value is -0.380. The minimum Gasteiger partial charge on any atom is -0.309 e. The smallest absolute Gasteiger partial charge is 0.132 e. The minimum atomic E-state index is 0.946. The molecule has 0 heterocycles. The molecule has 2 nitrogen and oxygen atoms in total. The van der Waals surface area contributed by atoms with Gasteiger partial charge in [-0.15, -0.1) is 0 Å². The van der Waals surface area contributed by atoms with Crippen LogP contribution in [-0.4, -0.2) is 46.2 Å². The monoisotopic (exact) mass is 285 g/mol. The van der Waals surface area contributed by atoms with Crippen LogP contribution in [0.4, 0.5) is 5.69 Å². The Labute approximate surface area is 108 Å². The molecule has 1 rings (SSSR count). The quantitative estimate of drug-likeness (QED) is 0.752. The summed E-state index contributed by atoms with van der Waals surface area (Å²) in [4.78, 5) is 2.24. The molecule has 3 heteroatoms. The Kier molecular flexibility index (Phi) is 4.96. The molecular formula is C13H22BrN2+. The molecule has 0 spiro atoms. The van der Waals surface area contributed by atoms with Crippen molar-refractivity contribution in [1.82, 2.24) is 9.38 Å². The highest BCUT2D eigenvalue weighted by Crippen LogP contribution is 2.21. The van der Waals surface area contributed by atoms with Gasteiger partial charge in [0.05, 0.1) is 20.6 Å². The second-order valence-electron chi connectivity index (χ2n) is 5.04. The van der Waals surface area contributed by atoms with E-state index in [0.717, 1.165) is 15.5 Å². The van der Waals surface area contributed by atoms with Crippen molar-refractivity contribution in [1.29, 1.82) is 0 Å². The predicted octanol–water partition coefficient (Wildman–Crippen LogP) is 2.97. The molecule has 1 aromatic rings. The topological polar surface area (TPSA) is 3.24 Å². The van der Waals surface area contributed by atoms with E-state index in [9.17, 15) is 0 Å². The molecule has 0 radical (unpaired) electrons. The summed E-state index contributed by atoms with van der Waals surface area (Å²) in [6, 6.07) is 8.61. The van der Waals surface area contributed by atoms with Crippen LogP contribution >= 0.6 is 15.9 Å². The fourth-order valence-electron chi connectivity index (χ4n) is 1.76. The maximum Gasteiger partial charge on any atom is 0.132 e. The number of quaternary nitrogens is 1. The van der Waals surface area contributed by atoms with Crippen LogP contribution in [-0.2, 0) is 0 Å². The van der Waals surface area contributed by atoms with Crippen molar-refractivity contribution >= 4 is 21.6 Å². The van der Waals surface area contributed by atoms with E-state index in [4.69, 9.17) is 0 Å². The van der Waals surface area contributed by atoms with Gasteiger partial charge in [-0.3, -0.25) is 4.48 Å². The fraction of sp³-hybridized carbons (Fsp3) is 0.538. The summed E-state index contributed by atoms with van der Waals surface area (Å²) in [6.07, 6.45) is 1.22. The van der Waals surface area contributed by atoms with E-state index >= 15 is 0 Å². The molecule has 16 heavy (non-hydrogen) atoms. The van der Waals surface area contributed by atoms with Crippen LogP contribution in [0.1, 0.15) is 6.42 Å². The van der Waals surface area contributed by atoms with E-state index in [1.165, 1.54) is 18.7 Å². The van der Waals surface area contributed by atoms with E-state index < -0.39 is 0 Å². The third-order valence-electron chi connectivity index (χ3n) is 2.85. The van der Waals surface area contributed by atoms with Crippen molar-refractivity contribution in [3.05, 3.63) is 28.7 Å². The standard InChI is InChI=1S/C13H22BrN2/c1-15(2)10-5-11-16(3,4)13-8-6-12(14)7-9-13/h6-9H,5,10-11H2,1-4H3/q+1. The number of hydrogen-bond acceptors (Lipinski definition) is 1. The Balaban J connectivity index is 2.59. The lowest BCUT2D eigenvalue weighted by atomic mass is 10.2. The Morgan fingerprint density at radius 1 is 1.12 bits per heavy atom. The Morgan fingerprint density at radius 3 is 2.19 bits per heavy atom. The van der Waals surface area contributed by atoms with E-state index in [1.807, 2.05) is 0 Å². The number of hydrogen-bond donors (Lipinski definition) is 0. The molecule has 0 aliphatic carbocycles. The number of nitrogens with zero attached hydrogens (tertiary/aromatic N) is 2. The molecule has 0 N–H and O–H groups in total. The maximum absolute atomic E-state index is 3.47. The maximum atomic E-state index is 3.47. The van der Waals surface area contributed by atoms with Crippen LogP contribution in [0.5, 0.6) is 0 Å². The Morgan fingerprint density at radius 2 is 1.69 bits per heavy atom. The average molecular weight is 286 g/mol. The first-order valence-electron chi connectivity index (χ1n) is 5.66. The lowest BCUT2D eigenvalue weighted by molar-refractivity contribution is 0.337. The minimum absolute atomic E-state index is 0.946. The highest BCUT2D eigenvalue weighted by molar-refractivity contribution is 9.10. The van der Waals surface area contributed by atoms with Crippen LogP contribution < -0.4 is 4.48 Å². The molecule has 90 valence electrons. The van der Waals surface area contributed by atoms with Gasteiger partial charge in [-0.05, 0) is 26.2 Å². The molecule has 0 saturated carbocycles. The molecular weight excluding hydrogens is 264 g/mol. The first-order chi connectivity index (χ1) is 7.42. The molecule has 0 amide bonds. The number of benzene rings is 1. The zero-order chi connectivity index (χ0) is 12.2. The third kappa shape index (κ3) is 4.24. The van der Waals surface area contributed by atoms with Crippen LogP contribution in [0, 0.1) is 0 Å². The van der Waals surface area contributed by atoms with Crippen LogP contribution in [0.3, 0.4) is 0 Å². The van der Waals surface area contributed by atoms with Gasteiger partial charge in [0, 0.05) is 29.6 Å². The van der Waals surface area contributed by atoms with Crippen LogP contribution in [0.15, 0.2) is 28.7 Å². The molecule has 0 bridgehead atoms. The Bertz CT molecular complexity index is 317. The average Bonchev–Trinajstić information content (AvgIpc) is 2.17. The van der Waals surface area contributed by atoms with Gasteiger partial charge in [-0.2, -0.15) is 0 Å². The van der Waals surface area contributed by atoms with E-state index in [0.29, 0.717) is 0 Å². The van der Waals surface area contributed by atoms with Crippen molar-refractivity contribution in [3.8, 4) is 0 Å². The van der Waals surface area contributed by atoms with E-state index in [1.54, 1.807) is 0 Å². The summed E-state index contributed by atoms with van der Waals surface area (Å²) in [5.74, 6) is 0. The van der Waals surface area contributed by atoms with Gasteiger partial charge in [0.25, 0.3) is 0 Å². The van der Waals surface area contributed by atoms with Crippen molar-refractivity contribution in [2.45, 2.75) is 6.42 Å². The highest BCUT2D eigenvalue weighted by Gasteiger charge is 2.17. The lowest BCUT2D eigenvalue weighted by Gasteiger charge is -2.29.